The van der Waals surface area contributed by atoms with Crippen molar-refractivity contribution >= 4 is 23.6 Å². The number of nitrogens with one attached hydrogen (secondary N) is 1. The van der Waals surface area contributed by atoms with Gasteiger partial charge in [0, 0.05) is 36.5 Å². The zero-order valence-electron chi connectivity index (χ0n) is 18.8. The zero-order chi connectivity index (χ0) is 22.6. The number of hydrogen-bond acceptors (Lipinski definition) is 4. The van der Waals surface area contributed by atoms with E-state index in [0.717, 1.165) is 24.8 Å². The third kappa shape index (κ3) is 6.36. The van der Waals surface area contributed by atoms with E-state index in [1.807, 2.05) is 32.9 Å². The quantitative estimate of drug-likeness (QED) is 0.700. The number of halogens is 1. The van der Waals surface area contributed by atoms with E-state index in [4.69, 9.17) is 16.3 Å². The Bertz CT molecular complexity index is 778. The molecular formula is C24H35ClN2O4. The van der Waals surface area contributed by atoms with Crippen molar-refractivity contribution in [3.05, 3.63) is 34.9 Å². The number of benzene rings is 1. The van der Waals surface area contributed by atoms with Crippen LogP contribution in [-0.4, -0.2) is 52.3 Å². The summed E-state index contributed by atoms with van der Waals surface area (Å²) in [5.41, 5.74) is -0.641. The van der Waals surface area contributed by atoms with Crippen LogP contribution in [0.1, 0.15) is 77.2 Å². The summed E-state index contributed by atoms with van der Waals surface area (Å²) < 4.78 is 5.54. The molecule has 7 heteroatoms. The van der Waals surface area contributed by atoms with Gasteiger partial charge >= 0.3 is 6.09 Å². The fourth-order valence-corrected chi connectivity index (χ4v) is 4.88. The molecule has 1 saturated heterocycles. The average molecular weight is 451 g/mol. The summed E-state index contributed by atoms with van der Waals surface area (Å²) in [4.78, 5) is 27.5. The molecule has 0 spiro atoms. The summed E-state index contributed by atoms with van der Waals surface area (Å²) in [6, 6.07) is 7.29. The standard InChI is InChI=1S/C24H35ClN2O4/c1-23(2,3)26-22(29)31-19-10-14-27(15-11-19)21(28)20(17-8-7-9-18(25)16-17)24(30)12-5-4-6-13-24/h7-9,16,19-20,30H,4-6,10-15H2,1-3H3,(H,26,29). The van der Waals surface area contributed by atoms with Gasteiger partial charge in [0.1, 0.15) is 6.10 Å². The molecule has 1 aliphatic heterocycles. The number of rotatable bonds is 4. The highest BCUT2D eigenvalue weighted by Gasteiger charge is 2.45. The lowest BCUT2D eigenvalue weighted by Gasteiger charge is -2.42. The molecule has 1 aromatic rings. The van der Waals surface area contributed by atoms with Gasteiger partial charge in [-0.1, -0.05) is 43.0 Å². The molecule has 1 aromatic carbocycles. The SMILES string of the molecule is CC(C)(C)NC(=O)OC1CCN(C(=O)C(c2cccc(Cl)c2)C2(O)CCCCC2)CC1. The van der Waals surface area contributed by atoms with E-state index in [0.29, 0.717) is 43.8 Å². The summed E-state index contributed by atoms with van der Waals surface area (Å²) in [6.45, 7) is 6.71. The van der Waals surface area contributed by atoms with Crippen molar-refractivity contribution in [2.75, 3.05) is 13.1 Å². The Morgan fingerprint density at radius 3 is 2.42 bits per heavy atom. The molecule has 1 unspecified atom stereocenters. The fourth-order valence-electron chi connectivity index (χ4n) is 4.69. The van der Waals surface area contributed by atoms with E-state index < -0.39 is 17.6 Å². The minimum Gasteiger partial charge on any atom is -0.446 e. The lowest BCUT2D eigenvalue weighted by molar-refractivity contribution is -0.143. The maximum atomic E-state index is 13.6. The van der Waals surface area contributed by atoms with Gasteiger partial charge in [0.05, 0.1) is 11.5 Å². The molecule has 2 fully saturated rings. The second kappa shape index (κ2) is 9.78. The molecule has 0 radical (unpaired) electrons. The lowest BCUT2D eigenvalue weighted by Crippen LogP contribution is -2.51. The molecule has 0 bridgehead atoms. The average Bonchev–Trinajstić information content (AvgIpc) is 2.67. The normalized spacial score (nSPS) is 20.7. The number of ether oxygens (including phenoxy) is 1. The maximum absolute atomic E-state index is 13.6. The highest BCUT2D eigenvalue weighted by Crippen LogP contribution is 2.42. The van der Waals surface area contributed by atoms with Gasteiger partial charge in [-0.05, 0) is 51.3 Å². The summed E-state index contributed by atoms with van der Waals surface area (Å²) in [6.07, 6.45) is 4.68. The van der Waals surface area contributed by atoms with E-state index in [2.05, 4.69) is 5.32 Å². The van der Waals surface area contributed by atoms with E-state index >= 15 is 0 Å². The molecule has 6 nitrogen and oxygen atoms in total. The van der Waals surface area contributed by atoms with E-state index in [9.17, 15) is 14.7 Å². The predicted octanol–water partition coefficient (Wildman–Crippen LogP) is 4.63. The van der Waals surface area contributed by atoms with Gasteiger partial charge < -0.3 is 20.1 Å². The first-order chi connectivity index (χ1) is 14.6. The summed E-state index contributed by atoms with van der Waals surface area (Å²) in [5, 5.41) is 14.9. The van der Waals surface area contributed by atoms with E-state index in [1.54, 1.807) is 17.0 Å². The molecule has 2 N–H and O–H groups in total. The third-order valence-corrected chi connectivity index (χ3v) is 6.43. The van der Waals surface area contributed by atoms with Crippen LogP contribution in [0.25, 0.3) is 0 Å². The van der Waals surface area contributed by atoms with Gasteiger partial charge in [0.15, 0.2) is 0 Å². The first-order valence-electron chi connectivity index (χ1n) is 11.3. The van der Waals surface area contributed by atoms with Crippen molar-refractivity contribution in [2.24, 2.45) is 0 Å². The smallest absolute Gasteiger partial charge is 0.407 e. The summed E-state index contributed by atoms with van der Waals surface area (Å²) in [5.74, 6) is -0.697. The molecule has 2 aliphatic rings. The van der Waals surface area contributed by atoms with Gasteiger partial charge in [-0.3, -0.25) is 4.79 Å². The minimum absolute atomic E-state index is 0.0655. The van der Waals surface area contributed by atoms with Crippen LogP contribution in [0.5, 0.6) is 0 Å². The molecular weight excluding hydrogens is 416 g/mol. The highest BCUT2D eigenvalue weighted by atomic mass is 35.5. The second-order valence-corrected chi connectivity index (χ2v) is 10.4. The van der Waals surface area contributed by atoms with Crippen LogP contribution in [0.2, 0.25) is 5.02 Å². The zero-order valence-corrected chi connectivity index (χ0v) is 19.6. The van der Waals surface area contributed by atoms with Crippen LogP contribution in [0, 0.1) is 0 Å². The van der Waals surface area contributed by atoms with Crippen molar-refractivity contribution in [1.82, 2.24) is 10.2 Å². The second-order valence-electron chi connectivity index (χ2n) is 9.96. The maximum Gasteiger partial charge on any atom is 0.407 e. The fraction of sp³-hybridized carbons (Fsp3) is 0.667. The highest BCUT2D eigenvalue weighted by molar-refractivity contribution is 6.30. The van der Waals surface area contributed by atoms with Gasteiger partial charge in [0.2, 0.25) is 5.91 Å². The van der Waals surface area contributed by atoms with Crippen LogP contribution in [0.3, 0.4) is 0 Å². The van der Waals surface area contributed by atoms with Crippen molar-refractivity contribution in [3.63, 3.8) is 0 Å². The third-order valence-electron chi connectivity index (χ3n) is 6.19. The van der Waals surface area contributed by atoms with Crippen LogP contribution >= 0.6 is 11.6 Å². The van der Waals surface area contributed by atoms with E-state index in [-0.39, 0.29) is 17.6 Å². The number of carbonyl (C=O) groups is 2. The molecule has 0 aromatic heterocycles. The molecule has 172 valence electrons. The Kier molecular flexibility index (Phi) is 7.53. The Morgan fingerprint density at radius 1 is 1.19 bits per heavy atom. The molecule has 1 atom stereocenters. The number of amides is 2. The largest absolute Gasteiger partial charge is 0.446 e. The van der Waals surface area contributed by atoms with Crippen molar-refractivity contribution in [2.45, 2.75) is 88.9 Å². The summed E-state index contributed by atoms with van der Waals surface area (Å²) >= 11 is 6.22. The van der Waals surface area contributed by atoms with E-state index in [1.165, 1.54) is 0 Å². The summed E-state index contributed by atoms with van der Waals surface area (Å²) in [7, 11) is 0. The monoisotopic (exact) mass is 450 g/mol. The first kappa shape index (κ1) is 23.9. The number of likely N-dealkylation sites (tertiary alicyclic amines) is 1. The molecule has 2 amide bonds. The number of nitrogens with zero attached hydrogens (tertiary/aromatic N) is 1. The lowest BCUT2D eigenvalue weighted by atomic mass is 9.72. The minimum atomic E-state index is -1.06. The van der Waals surface area contributed by atoms with Crippen LogP contribution in [-0.2, 0) is 9.53 Å². The number of carbonyl (C=O) groups excluding carboxylic acids is 2. The van der Waals surface area contributed by atoms with Crippen LogP contribution in [0.15, 0.2) is 24.3 Å². The Balaban J connectivity index is 1.69. The van der Waals surface area contributed by atoms with Crippen molar-refractivity contribution < 1.29 is 19.4 Å². The van der Waals surface area contributed by atoms with Crippen LogP contribution < -0.4 is 5.32 Å². The Hall–Kier alpha value is -1.79. The van der Waals surface area contributed by atoms with Gasteiger partial charge in [-0.25, -0.2) is 4.79 Å². The topological polar surface area (TPSA) is 78.9 Å². The molecule has 1 saturated carbocycles. The predicted molar refractivity (Wildman–Crippen MR) is 121 cm³/mol. The van der Waals surface area contributed by atoms with Gasteiger partial charge in [-0.2, -0.15) is 0 Å². The Morgan fingerprint density at radius 2 is 1.84 bits per heavy atom. The molecule has 31 heavy (non-hydrogen) atoms. The molecule has 3 rings (SSSR count). The van der Waals surface area contributed by atoms with Gasteiger partial charge in [0.25, 0.3) is 0 Å². The number of aliphatic hydroxyl groups is 1. The molecule has 1 heterocycles. The number of hydrogen-bond donors (Lipinski definition) is 2. The number of alkyl carbamates (subject to hydrolysis) is 1. The van der Waals surface area contributed by atoms with Crippen molar-refractivity contribution in [3.8, 4) is 0 Å². The Labute approximate surface area is 190 Å². The first-order valence-corrected chi connectivity index (χ1v) is 11.7. The van der Waals surface area contributed by atoms with Gasteiger partial charge in [-0.15, -0.1) is 0 Å². The number of piperidine rings is 1. The molecule has 1 aliphatic carbocycles. The van der Waals surface area contributed by atoms with Crippen LogP contribution in [0.4, 0.5) is 4.79 Å². The van der Waals surface area contributed by atoms with Crippen molar-refractivity contribution in [1.29, 1.82) is 0 Å².